The molecule has 0 heterocycles. The number of unbranched alkanes of at least 4 members (excludes halogenated alkanes) is 3. The summed E-state index contributed by atoms with van der Waals surface area (Å²) in [5.41, 5.74) is 0.382. The third-order valence-corrected chi connectivity index (χ3v) is 20.9. The zero-order valence-electron chi connectivity index (χ0n) is 16.0. The van der Waals surface area contributed by atoms with Crippen LogP contribution in [0.15, 0.2) is 30.8 Å². The molecule has 1 aromatic carbocycles. The number of halogens is 3. The summed E-state index contributed by atoms with van der Waals surface area (Å²) in [5, 5.41) is 0. The van der Waals surface area contributed by atoms with Crippen LogP contribution in [0.5, 0.6) is 0 Å². The zero-order chi connectivity index (χ0) is 18.9. The van der Waals surface area contributed by atoms with Crippen molar-refractivity contribution in [3.8, 4) is 0 Å². The molecule has 0 saturated heterocycles. The molecule has 0 aliphatic heterocycles. The molecule has 1 rings (SSSR count). The van der Waals surface area contributed by atoms with E-state index < -0.39 is 30.1 Å². The predicted molar refractivity (Wildman–Crippen MR) is 105 cm³/mol. The van der Waals surface area contributed by atoms with Gasteiger partial charge in [-0.3, -0.25) is 0 Å². The average Bonchev–Trinajstić information content (AvgIpc) is 2.60. The average molecular weight is 461 g/mol. The van der Waals surface area contributed by atoms with Gasteiger partial charge in [-0.2, -0.15) is 0 Å². The molecule has 0 radical (unpaired) electrons. The number of alkyl halides is 3. The van der Waals surface area contributed by atoms with Crippen LogP contribution in [0.2, 0.25) is 13.3 Å². The second kappa shape index (κ2) is 10.6. The Hall–Kier alpha value is -0.451. The molecule has 0 atom stereocenters. The van der Waals surface area contributed by atoms with Crippen LogP contribution in [0.1, 0.15) is 70.4 Å². The number of hydrogen-bond donors (Lipinski definition) is 0. The van der Waals surface area contributed by atoms with Crippen molar-refractivity contribution in [3.63, 3.8) is 0 Å². The van der Waals surface area contributed by atoms with E-state index in [0.717, 1.165) is 5.56 Å². The van der Waals surface area contributed by atoms with Gasteiger partial charge >= 0.3 is 156 Å². The van der Waals surface area contributed by atoms with Crippen molar-refractivity contribution < 1.29 is 13.2 Å². The van der Waals surface area contributed by atoms with Crippen molar-refractivity contribution in [1.82, 2.24) is 0 Å². The molecule has 0 N–H and O–H groups in total. The first kappa shape index (κ1) is 22.6. The third kappa shape index (κ3) is 6.65. The van der Waals surface area contributed by atoms with Crippen molar-refractivity contribution in [2.75, 3.05) is 0 Å². The molecule has 142 valence electrons. The second-order valence-electron chi connectivity index (χ2n) is 7.14. The monoisotopic (exact) mass is 462 g/mol. The summed E-state index contributed by atoms with van der Waals surface area (Å²) in [6.07, 6.45) is 2.94. The molecule has 0 aliphatic rings. The van der Waals surface area contributed by atoms with E-state index in [-0.39, 0.29) is 0 Å². The van der Waals surface area contributed by atoms with Crippen LogP contribution in [-0.4, -0.2) is 18.4 Å². The van der Waals surface area contributed by atoms with Crippen LogP contribution in [0, 0.1) is 0 Å². The normalized spacial score (nSPS) is 12.4. The van der Waals surface area contributed by atoms with E-state index in [1.807, 2.05) is 0 Å². The standard InChI is InChI=1S/C9H6F3.3C4H9.Sn/c1-2-7-3-5-8(6-4-7)9(10,11)12;3*1-3-4-2;/h3-6H,1H2;3*1,3-4H2,2H3;. The van der Waals surface area contributed by atoms with Crippen molar-refractivity contribution in [1.29, 1.82) is 0 Å². The Labute approximate surface area is 155 Å². The van der Waals surface area contributed by atoms with Crippen molar-refractivity contribution in [2.45, 2.75) is 78.8 Å². The van der Waals surface area contributed by atoms with Gasteiger partial charge in [0.2, 0.25) is 0 Å². The van der Waals surface area contributed by atoms with Gasteiger partial charge < -0.3 is 0 Å². The number of rotatable bonds is 11. The molecular weight excluding hydrogens is 428 g/mol. The summed E-state index contributed by atoms with van der Waals surface area (Å²) in [6, 6.07) is 5.74. The van der Waals surface area contributed by atoms with Gasteiger partial charge in [0.05, 0.1) is 0 Å². The summed E-state index contributed by atoms with van der Waals surface area (Å²) in [4.78, 5) is 0. The summed E-state index contributed by atoms with van der Waals surface area (Å²) >= 11 is -2.64. The van der Waals surface area contributed by atoms with Gasteiger partial charge in [-0.15, -0.1) is 0 Å². The van der Waals surface area contributed by atoms with Crippen LogP contribution in [-0.2, 0) is 6.18 Å². The van der Waals surface area contributed by atoms with Gasteiger partial charge in [0.1, 0.15) is 0 Å². The Kier molecular flexibility index (Phi) is 9.61. The Morgan fingerprint density at radius 2 is 1.24 bits per heavy atom. The van der Waals surface area contributed by atoms with Crippen LogP contribution in [0.25, 0.3) is 3.59 Å². The van der Waals surface area contributed by atoms with E-state index in [1.165, 1.54) is 67.6 Å². The van der Waals surface area contributed by atoms with Crippen LogP contribution < -0.4 is 0 Å². The van der Waals surface area contributed by atoms with Crippen molar-refractivity contribution in [2.24, 2.45) is 0 Å². The van der Waals surface area contributed by atoms with E-state index in [0.29, 0.717) is 0 Å². The quantitative estimate of drug-likeness (QED) is 0.292. The van der Waals surface area contributed by atoms with E-state index in [2.05, 4.69) is 27.4 Å². The second-order valence-corrected chi connectivity index (χ2v) is 20.5. The van der Waals surface area contributed by atoms with E-state index in [9.17, 15) is 13.2 Å². The first-order valence-electron chi connectivity index (χ1n) is 9.67. The maximum atomic E-state index is 12.8. The predicted octanol–water partition coefficient (Wildman–Crippen LogP) is 8.11. The third-order valence-electron chi connectivity index (χ3n) is 5.23. The number of hydrogen-bond acceptors (Lipinski definition) is 0. The SMILES string of the molecule is C=[C](c1ccc(C(F)(F)F)cc1)[Sn]([CH2]CCC)([CH2]CCC)[CH2]CCC. The Balaban J connectivity index is 3.14. The summed E-state index contributed by atoms with van der Waals surface area (Å²) in [6.45, 7) is 11.1. The molecule has 0 aliphatic carbocycles. The van der Waals surface area contributed by atoms with Crippen LogP contribution in [0.3, 0.4) is 0 Å². The molecule has 0 saturated carbocycles. The summed E-state index contributed by atoms with van der Waals surface area (Å²) in [5.74, 6) is 0. The molecular formula is C21H33F3Sn. The molecule has 25 heavy (non-hydrogen) atoms. The summed E-state index contributed by atoms with van der Waals surface area (Å²) < 4.78 is 43.6. The first-order valence-corrected chi connectivity index (χ1v) is 17.2. The van der Waals surface area contributed by atoms with Gasteiger partial charge in [0.25, 0.3) is 0 Å². The van der Waals surface area contributed by atoms with Gasteiger partial charge in [0, 0.05) is 0 Å². The molecule has 0 nitrogen and oxygen atoms in total. The molecule has 0 fully saturated rings. The zero-order valence-corrected chi connectivity index (χ0v) is 18.9. The fourth-order valence-electron chi connectivity index (χ4n) is 3.54. The van der Waals surface area contributed by atoms with E-state index in [1.54, 1.807) is 12.1 Å². The molecule has 0 amide bonds. The molecule has 0 spiro atoms. The molecule has 0 aromatic heterocycles. The minimum atomic E-state index is -4.27. The topological polar surface area (TPSA) is 0 Å². The molecule has 4 heteroatoms. The van der Waals surface area contributed by atoms with E-state index in [4.69, 9.17) is 0 Å². The van der Waals surface area contributed by atoms with E-state index >= 15 is 0 Å². The van der Waals surface area contributed by atoms with Gasteiger partial charge in [-0.05, 0) is 0 Å². The molecule has 0 unspecified atom stereocenters. The van der Waals surface area contributed by atoms with Crippen molar-refractivity contribution in [3.05, 3.63) is 42.0 Å². The molecule has 0 bridgehead atoms. The Bertz CT molecular complexity index is 495. The maximum absolute atomic E-state index is 12.8. The number of benzene rings is 1. The summed E-state index contributed by atoms with van der Waals surface area (Å²) in [7, 11) is 0. The van der Waals surface area contributed by atoms with Crippen LogP contribution >= 0.6 is 0 Å². The van der Waals surface area contributed by atoms with Crippen LogP contribution in [0.4, 0.5) is 13.2 Å². The fourth-order valence-corrected chi connectivity index (χ4v) is 19.3. The first-order chi connectivity index (χ1) is 11.8. The minimum absolute atomic E-state index is 0.569. The fraction of sp³-hybridized carbons (Fsp3) is 0.619. The van der Waals surface area contributed by atoms with Gasteiger partial charge in [0.15, 0.2) is 0 Å². The molecule has 1 aromatic rings. The van der Waals surface area contributed by atoms with Crippen molar-refractivity contribution >= 4 is 22.0 Å². The Morgan fingerprint density at radius 3 is 1.56 bits per heavy atom. The van der Waals surface area contributed by atoms with Gasteiger partial charge in [-0.1, -0.05) is 0 Å². The van der Waals surface area contributed by atoms with Gasteiger partial charge in [-0.25, -0.2) is 0 Å². The Morgan fingerprint density at radius 1 is 0.840 bits per heavy atom.